The molecule has 0 radical (unpaired) electrons. The van der Waals surface area contributed by atoms with E-state index in [-0.39, 0.29) is 18.4 Å². The number of aliphatic hydroxyl groups excluding tert-OH is 1. The van der Waals surface area contributed by atoms with Crippen molar-refractivity contribution in [1.82, 2.24) is 10.1 Å². The number of hydrogen-bond acceptors (Lipinski definition) is 7. The number of rotatable bonds is 7. The van der Waals surface area contributed by atoms with Gasteiger partial charge in [-0.1, -0.05) is 35.5 Å². The lowest BCUT2D eigenvalue weighted by atomic mass is 9.89. The first kappa shape index (κ1) is 22.5. The number of aromatic nitrogens is 1. The fourth-order valence-electron chi connectivity index (χ4n) is 5.01. The summed E-state index contributed by atoms with van der Waals surface area (Å²) in [5.74, 6) is 0.221. The lowest BCUT2D eigenvalue weighted by Gasteiger charge is -2.33. The molecule has 176 valence electrons. The average molecular weight is 461 g/mol. The maximum absolute atomic E-state index is 12.8. The summed E-state index contributed by atoms with van der Waals surface area (Å²) >= 11 is 0. The van der Waals surface area contributed by atoms with Crippen molar-refractivity contribution in [3.63, 3.8) is 0 Å². The predicted octanol–water partition coefficient (Wildman–Crippen LogP) is 4.34. The molecule has 0 saturated carbocycles. The van der Waals surface area contributed by atoms with E-state index in [9.17, 15) is 14.7 Å². The molecule has 1 fully saturated rings. The third-order valence-corrected chi connectivity index (χ3v) is 7.12. The second-order valence-electron chi connectivity index (χ2n) is 9.23. The van der Waals surface area contributed by atoms with E-state index in [2.05, 4.69) is 10.1 Å². The highest BCUT2D eigenvalue weighted by Crippen LogP contribution is 2.30. The Balaban J connectivity index is 1.13. The first-order chi connectivity index (χ1) is 16.5. The summed E-state index contributed by atoms with van der Waals surface area (Å²) in [7, 11) is 0. The Hall–Kier alpha value is -3.29. The van der Waals surface area contributed by atoms with Crippen LogP contribution in [0, 0.1) is 12.8 Å². The Morgan fingerprint density at radius 1 is 1.15 bits per heavy atom. The SMILES string of the molecule is Cc1c([C@@H](O)CN2CCC(CC(=O)c3ccc(-c4ccon4)cc3)CC2)ccc2c1COC2=O. The second kappa shape index (κ2) is 9.52. The smallest absolute Gasteiger partial charge is 0.338 e. The van der Waals surface area contributed by atoms with Gasteiger partial charge in [-0.05, 0) is 56.0 Å². The molecule has 3 heterocycles. The van der Waals surface area contributed by atoms with Gasteiger partial charge in [0.15, 0.2) is 5.78 Å². The van der Waals surface area contributed by atoms with Crippen molar-refractivity contribution >= 4 is 11.8 Å². The number of cyclic esters (lactones) is 1. The molecule has 1 atom stereocenters. The molecule has 0 amide bonds. The molecule has 0 spiro atoms. The van der Waals surface area contributed by atoms with E-state index in [1.807, 2.05) is 37.3 Å². The zero-order valence-electron chi connectivity index (χ0n) is 19.2. The van der Waals surface area contributed by atoms with Gasteiger partial charge in [-0.3, -0.25) is 4.79 Å². The van der Waals surface area contributed by atoms with Gasteiger partial charge in [0.2, 0.25) is 0 Å². The predicted molar refractivity (Wildman–Crippen MR) is 125 cm³/mol. The lowest BCUT2D eigenvalue weighted by Crippen LogP contribution is -2.37. The molecule has 0 aliphatic carbocycles. The summed E-state index contributed by atoms with van der Waals surface area (Å²) in [6.07, 6.45) is 3.31. The van der Waals surface area contributed by atoms with Crippen LogP contribution in [0.3, 0.4) is 0 Å². The highest BCUT2D eigenvalue weighted by atomic mass is 16.5. The quantitative estimate of drug-likeness (QED) is 0.414. The topological polar surface area (TPSA) is 92.9 Å². The molecule has 2 aromatic carbocycles. The van der Waals surface area contributed by atoms with Crippen LogP contribution in [0.2, 0.25) is 0 Å². The van der Waals surface area contributed by atoms with Gasteiger partial charge in [0.25, 0.3) is 0 Å². The summed E-state index contributed by atoms with van der Waals surface area (Å²) in [5.41, 5.74) is 5.67. The fraction of sp³-hybridized carbons (Fsp3) is 0.370. The van der Waals surface area contributed by atoms with Gasteiger partial charge in [-0.15, -0.1) is 0 Å². The summed E-state index contributed by atoms with van der Waals surface area (Å²) in [5, 5.41) is 14.8. The van der Waals surface area contributed by atoms with Gasteiger partial charge in [0.05, 0.1) is 11.7 Å². The number of fused-ring (bicyclic) bond motifs is 1. The average Bonchev–Trinajstić information content (AvgIpc) is 3.51. The van der Waals surface area contributed by atoms with Crippen molar-refractivity contribution in [2.75, 3.05) is 19.6 Å². The van der Waals surface area contributed by atoms with E-state index >= 15 is 0 Å². The van der Waals surface area contributed by atoms with Crippen LogP contribution in [-0.2, 0) is 11.3 Å². The molecule has 0 bridgehead atoms. The largest absolute Gasteiger partial charge is 0.457 e. The second-order valence-corrected chi connectivity index (χ2v) is 9.23. The summed E-state index contributed by atoms with van der Waals surface area (Å²) in [6, 6.07) is 12.9. The van der Waals surface area contributed by atoms with E-state index in [1.54, 1.807) is 12.1 Å². The number of aliphatic hydroxyl groups is 1. The number of nitrogens with zero attached hydrogens (tertiary/aromatic N) is 2. The van der Waals surface area contributed by atoms with Crippen LogP contribution in [0.4, 0.5) is 0 Å². The van der Waals surface area contributed by atoms with Crippen LogP contribution in [0.1, 0.15) is 62.8 Å². The standard InChI is InChI=1S/C27H28N2O5/c1-17-21(6-7-22-23(17)16-33-27(22)32)26(31)15-29-11-8-18(9-12-29)14-25(30)20-4-2-19(3-5-20)24-10-13-34-28-24/h2-7,10,13,18,26,31H,8-9,11-12,14-16H2,1H3/t26-/m0/s1. The highest BCUT2D eigenvalue weighted by molar-refractivity contribution is 5.96. The number of β-amino-alcohol motifs (C(OH)–C–C–N with tert-alkyl or cyclic N) is 1. The Kier molecular flexibility index (Phi) is 6.30. The number of benzene rings is 2. The number of carbonyl (C=O) groups is 2. The van der Waals surface area contributed by atoms with E-state index in [0.717, 1.165) is 59.4 Å². The molecular weight excluding hydrogens is 432 g/mol. The monoisotopic (exact) mass is 460 g/mol. The van der Waals surface area contributed by atoms with E-state index in [4.69, 9.17) is 9.26 Å². The van der Waals surface area contributed by atoms with Crippen LogP contribution >= 0.6 is 0 Å². The minimum atomic E-state index is -0.623. The number of ketones is 1. The van der Waals surface area contributed by atoms with Crippen molar-refractivity contribution in [3.8, 4) is 11.3 Å². The van der Waals surface area contributed by atoms with E-state index < -0.39 is 6.10 Å². The first-order valence-electron chi connectivity index (χ1n) is 11.7. The molecule has 1 saturated heterocycles. The molecular formula is C27H28N2O5. The van der Waals surface area contributed by atoms with Gasteiger partial charge in [-0.2, -0.15) is 0 Å². The summed E-state index contributed by atoms with van der Waals surface area (Å²) < 4.78 is 10.00. The third-order valence-electron chi connectivity index (χ3n) is 7.12. The van der Waals surface area contributed by atoms with E-state index in [1.165, 1.54) is 6.26 Å². The van der Waals surface area contributed by atoms with Gasteiger partial charge in [0, 0.05) is 35.7 Å². The van der Waals surface area contributed by atoms with Gasteiger partial charge in [-0.25, -0.2) is 4.79 Å². The minimum absolute atomic E-state index is 0.163. The third kappa shape index (κ3) is 4.54. The van der Waals surface area contributed by atoms with Crippen molar-refractivity contribution in [2.45, 2.75) is 38.9 Å². The zero-order chi connectivity index (χ0) is 23.7. The number of likely N-dealkylation sites (tertiary alicyclic amines) is 1. The molecule has 34 heavy (non-hydrogen) atoms. The summed E-state index contributed by atoms with van der Waals surface area (Å²) in [6.45, 7) is 4.47. The van der Waals surface area contributed by atoms with Crippen LogP contribution in [0.5, 0.6) is 0 Å². The van der Waals surface area contributed by atoms with Crippen molar-refractivity contribution in [3.05, 3.63) is 76.5 Å². The van der Waals surface area contributed by atoms with Crippen LogP contribution < -0.4 is 0 Å². The fourth-order valence-corrected chi connectivity index (χ4v) is 5.01. The maximum atomic E-state index is 12.8. The normalized spacial score (nSPS) is 17.4. The molecule has 3 aromatic rings. The van der Waals surface area contributed by atoms with Gasteiger partial charge < -0.3 is 19.3 Å². The maximum Gasteiger partial charge on any atom is 0.338 e. The van der Waals surface area contributed by atoms with Crippen LogP contribution in [0.15, 0.2) is 53.3 Å². The first-order valence-corrected chi connectivity index (χ1v) is 11.7. The molecule has 2 aliphatic rings. The van der Waals surface area contributed by atoms with E-state index in [0.29, 0.717) is 24.4 Å². The van der Waals surface area contributed by atoms with Crippen molar-refractivity contribution in [2.24, 2.45) is 5.92 Å². The lowest BCUT2D eigenvalue weighted by molar-refractivity contribution is 0.0534. The molecule has 1 N–H and O–H groups in total. The number of carbonyl (C=O) groups excluding carboxylic acids is 2. The Bertz CT molecular complexity index is 1180. The minimum Gasteiger partial charge on any atom is -0.457 e. The van der Waals surface area contributed by atoms with Crippen molar-refractivity contribution < 1.29 is 24.0 Å². The van der Waals surface area contributed by atoms with Crippen LogP contribution in [-0.4, -0.2) is 46.5 Å². The molecule has 7 nitrogen and oxygen atoms in total. The summed E-state index contributed by atoms with van der Waals surface area (Å²) in [4.78, 5) is 26.8. The number of Topliss-reactive ketones (excluding diaryl/α,β-unsaturated/α-hetero) is 1. The molecule has 2 aliphatic heterocycles. The number of piperidine rings is 1. The Labute approximate surface area is 198 Å². The highest BCUT2D eigenvalue weighted by Gasteiger charge is 2.28. The Morgan fingerprint density at radius 2 is 1.91 bits per heavy atom. The zero-order valence-corrected chi connectivity index (χ0v) is 19.2. The molecule has 7 heteroatoms. The van der Waals surface area contributed by atoms with Gasteiger partial charge >= 0.3 is 5.97 Å². The molecule has 0 unspecified atom stereocenters. The number of esters is 1. The Morgan fingerprint density at radius 3 is 2.62 bits per heavy atom. The van der Waals surface area contributed by atoms with Crippen LogP contribution in [0.25, 0.3) is 11.3 Å². The molecule has 5 rings (SSSR count). The number of ether oxygens (including phenoxy) is 1. The number of hydrogen-bond donors (Lipinski definition) is 1. The van der Waals surface area contributed by atoms with Gasteiger partial charge in [0.1, 0.15) is 18.6 Å². The van der Waals surface area contributed by atoms with Crippen molar-refractivity contribution in [1.29, 1.82) is 0 Å². The molecule has 1 aromatic heterocycles.